The Morgan fingerprint density at radius 2 is 1.68 bits per heavy atom. The topological polar surface area (TPSA) is 88.8 Å². The predicted octanol–water partition coefficient (Wildman–Crippen LogP) is 5.05. The first kappa shape index (κ1) is 28.4. The summed E-state index contributed by atoms with van der Waals surface area (Å²) in [6, 6.07) is 10.9. The lowest BCUT2D eigenvalue weighted by atomic mass is 9.67. The number of benzene rings is 1. The lowest BCUT2D eigenvalue weighted by Gasteiger charge is -2.47. The van der Waals surface area contributed by atoms with Gasteiger partial charge in [0.2, 0.25) is 11.8 Å². The SMILES string of the molecule is CC1(C(N)=O)CCCN1C(=O)c1ccc(-c2ccc(OCC3CCN(CC4(C(F)(F)F)CCC4)CC3)nc2)cc1. The number of nitrogens with zero attached hydrogens (tertiary/aromatic N) is 3. The van der Waals surface area contributed by atoms with E-state index in [0.29, 0.717) is 50.5 Å². The number of nitrogens with two attached hydrogens (primary N) is 1. The second kappa shape index (κ2) is 11.0. The molecule has 2 aromatic rings. The Morgan fingerprint density at radius 1 is 1.00 bits per heavy atom. The number of primary amides is 1. The molecule has 1 saturated carbocycles. The fraction of sp³-hybridized carbons (Fsp3) is 0.567. The first-order valence-corrected chi connectivity index (χ1v) is 14.1. The van der Waals surface area contributed by atoms with Crippen molar-refractivity contribution < 1.29 is 27.5 Å². The molecule has 0 bridgehead atoms. The molecule has 1 unspecified atom stereocenters. The van der Waals surface area contributed by atoms with Crippen molar-refractivity contribution in [1.82, 2.24) is 14.8 Å². The zero-order valence-electron chi connectivity index (χ0n) is 22.9. The molecule has 3 fully saturated rings. The fourth-order valence-corrected chi connectivity index (χ4v) is 6.22. The first-order valence-electron chi connectivity index (χ1n) is 14.1. The molecular weight excluding hydrogens is 521 g/mol. The monoisotopic (exact) mass is 558 g/mol. The van der Waals surface area contributed by atoms with Gasteiger partial charge in [-0.15, -0.1) is 0 Å². The van der Waals surface area contributed by atoms with E-state index in [0.717, 1.165) is 30.4 Å². The van der Waals surface area contributed by atoms with Gasteiger partial charge in [-0.05, 0) is 88.2 Å². The molecule has 0 radical (unpaired) electrons. The molecule has 216 valence electrons. The van der Waals surface area contributed by atoms with Crippen LogP contribution in [0.5, 0.6) is 5.88 Å². The molecule has 2 aliphatic heterocycles. The Morgan fingerprint density at radius 3 is 2.23 bits per heavy atom. The highest BCUT2D eigenvalue weighted by molar-refractivity contribution is 5.99. The number of hydrogen-bond donors (Lipinski definition) is 1. The number of halogens is 3. The second-order valence-corrected chi connectivity index (χ2v) is 11.8. The Kier molecular flexibility index (Phi) is 7.83. The summed E-state index contributed by atoms with van der Waals surface area (Å²) in [6.45, 7) is 4.15. The largest absolute Gasteiger partial charge is 0.477 e. The van der Waals surface area contributed by atoms with Gasteiger partial charge in [-0.1, -0.05) is 18.6 Å². The van der Waals surface area contributed by atoms with Gasteiger partial charge in [0.15, 0.2) is 0 Å². The van der Waals surface area contributed by atoms with Crippen LogP contribution in [0.15, 0.2) is 42.6 Å². The number of amides is 2. The van der Waals surface area contributed by atoms with Crippen molar-refractivity contribution in [1.29, 1.82) is 0 Å². The molecule has 40 heavy (non-hydrogen) atoms. The third-order valence-electron chi connectivity index (χ3n) is 9.23. The van der Waals surface area contributed by atoms with Gasteiger partial charge in [0, 0.05) is 36.5 Å². The van der Waals surface area contributed by atoms with E-state index in [1.54, 1.807) is 36.2 Å². The van der Waals surface area contributed by atoms with E-state index in [4.69, 9.17) is 10.5 Å². The van der Waals surface area contributed by atoms with Gasteiger partial charge >= 0.3 is 6.18 Å². The first-order chi connectivity index (χ1) is 19.0. The molecule has 7 nitrogen and oxygen atoms in total. The van der Waals surface area contributed by atoms with E-state index >= 15 is 0 Å². The van der Waals surface area contributed by atoms with E-state index in [-0.39, 0.29) is 31.2 Å². The van der Waals surface area contributed by atoms with Crippen LogP contribution in [0.25, 0.3) is 11.1 Å². The van der Waals surface area contributed by atoms with Crippen LogP contribution < -0.4 is 10.5 Å². The number of rotatable bonds is 8. The average molecular weight is 559 g/mol. The van der Waals surface area contributed by atoms with Crippen LogP contribution in [0.1, 0.15) is 62.2 Å². The van der Waals surface area contributed by atoms with Crippen molar-refractivity contribution in [2.24, 2.45) is 17.1 Å². The van der Waals surface area contributed by atoms with Crippen LogP contribution in [-0.4, -0.2) is 71.1 Å². The van der Waals surface area contributed by atoms with Crippen molar-refractivity contribution in [2.75, 3.05) is 32.8 Å². The summed E-state index contributed by atoms with van der Waals surface area (Å²) < 4.78 is 46.4. The minimum atomic E-state index is -4.12. The molecular formula is C30H37F3N4O3. The number of pyridine rings is 1. The van der Waals surface area contributed by atoms with Gasteiger partial charge < -0.3 is 20.3 Å². The van der Waals surface area contributed by atoms with Crippen LogP contribution in [0.3, 0.4) is 0 Å². The maximum absolute atomic E-state index is 13.5. The maximum Gasteiger partial charge on any atom is 0.395 e. The van der Waals surface area contributed by atoms with Crippen LogP contribution in [-0.2, 0) is 4.79 Å². The minimum absolute atomic E-state index is 0.118. The number of alkyl halides is 3. The number of carbonyl (C=O) groups excluding carboxylic acids is 2. The molecule has 1 atom stereocenters. The van der Waals surface area contributed by atoms with E-state index < -0.39 is 23.0 Å². The van der Waals surface area contributed by atoms with Gasteiger partial charge in [-0.2, -0.15) is 13.2 Å². The third kappa shape index (κ3) is 5.55. The van der Waals surface area contributed by atoms with Crippen molar-refractivity contribution in [2.45, 2.75) is 63.6 Å². The number of carbonyl (C=O) groups is 2. The Hall–Kier alpha value is -3.14. The highest BCUT2D eigenvalue weighted by atomic mass is 19.4. The van der Waals surface area contributed by atoms with Gasteiger partial charge in [-0.3, -0.25) is 9.59 Å². The predicted molar refractivity (Wildman–Crippen MR) is 145 cm³/mol. The summed E-state index contributed by atoms with van der Waals surface area (Å²) in [6.07, 6.45) is 1.69. The Balaban J connectivity index is 1.10. The second-order valence-electron chi connectivity index (χ2n) is 11.8. The van der Waals surface area contributed by atoms with Gasteiger partial charge in [0.1, 0.15) is 5.54 Å². The third-order valence-corrected chi connectivity index (χ3v) is 9.23. The van der Waals surface area contributed by atoms with Crippen LogP contribution in [0.4, 0.5) is 13.2 Å². The number of ether oxygens (including phenoxy) is 1. The quantitative estimate of drug-likeness (QED) is 0.490. The number of aromatic nitrogens is 1. The van der Waals surface area contributed by atoms with Crippen molar-refractivity contribution in [3.05, 3.63) is 48.2 Å². The van der Waals surface area contributed by atoms with Crippen LogP contribution in [0.2, 0.25) is 0 Å². The van der Waals surface area contributed by atoms with Crippen LogP contribution in [0, 0.1) is 11.3 Å². The molecule has 3 heterocycles. The summed E-state index contributed by atoms with van der Waals surface area (Å²) in [5.74, 6) is 0.0962. The summed E-state index contributed by atoms with van der Waals surface area (Å²) >= 11 is 0. The standard InChI is InChI=1S/C30H37F3N4O3/c1-28(27(34)39)12-3-15-37(28)26(38)23-6-4-22(5-7-23)24-8-9-25(35-18-24)40-19-21-10-16-36(17-11-21)20-29(13-2-14-29)30(31,32)33/h4-9,18,21H,2-3,10-17,19-20H2,1H3,(H2,34,39). The van der Waals surface area contributed by atoms with Crippen molar-refractivity contribution >= 4 is 11.8 Å². The smallest absolute Gasteiger partial charge is 0.395 e. The number of likely N-dealkylation sites (tertiary alicyclic amines) is 2. The molecule has 2 amide bonds. The Labute approximate surface area is 232 Å². The number of hydrogen-bond acceptors (Lipinski definition) is 5. The average Bonchev–Trinajstić information content (AvgIpc) is 3.32. The Bertz CT molecular complexity index is 1210. The summed E-state index contributed by atoms with van der Waals surface area (Å²) in [7, 11) is 0. The van der Waals surface area contributed by atoms with Gasteiger partial charge in [0.25, 0.3) is 5.91 Å². The molecule has 2 saturated heterocycles. The van der Waals surface area contributed by atoms with Gasteiger partial charge in [-0.25, -0.2) is 4.98 Å². The molecule has 5 rings (SSSR count). The summed E-state index contributed by atoms with van der Waals surface area (Å²) in [5.41, 5.74) is 5.38. The fourth-order valence-electron chi connectivity index (χ4n) is 6.22. The van der Waals surface area contributed by atoms with Crippen LogP contribution >= 0.6 is 0 Å². The lowest BCUT2D eigenvalue weighted by molar-refractivity contribution is -0.256. The maximum atomic E-state index is 13.5. The summed E-state index contributed by atoms with van der Waals surface area (Å²) in [4.78, 5) is 32.9. The highest BCUT2D eigenvalue weighted by Crippen LogP contribution is 2.53. The van der Waals surface area contributed by atoms with E-state index in [9.17, 15) is 22.8 Å². The number of piperidine rings is 1. The van der Waals surface area contributed by atoms with E-state index in [1.807, 2.05) is 23.1 Å². The zero-order valence-corrected chi connectivity index (χ0v) is 22.9. The molecule has 0 spiro atoms. The van der Waals surface area contributed by atoms with Gasteiger partial charge in [0.05, 0.1) is 12.0 Å². The molecule has 1 aromatic carbocycles. The minimum Gasteiger partial charge on any atom is -0.477 e. The molecule has 2 N–H and O–H groups in total. The van der Waals surface area contributed by atoms with Crippen molar-refractivity contribution in [3.63, 3.8) is 0 Å². The molecule has 10 heteroatoms. The highest BCUT2D eigenvalue weighted by Gasteiger charge is 2.58. The zero-order chi connectivity index (χ0) is 28.5. The molecule has 1 aromatic heterocycles. The molecule has 1 aliphatic carbocycles. The van der Waals surface area contributed by atoms with Crippen molar-refractivity contribution in [3.8, 4) is 17.0 Å². The lowest BCUT2D eigenvalue weighted by Crippen LogP contribution is -2.53. The summed E-state index contributed by atoms with van der Waals surface area (Å²) in [5, 5.41) is 0. The van der Waals surface area contributed by atoms with E-state index in [1.165, 1.54) is 0 Å². The molecule has 3 aliphatic rings. The van der Waals surface area contributed by atoms with E-state index in [2.05, 4.69) is 4.98 Å². The normalized spacial score (nSPS) is 23.6.